The van der Waals surface area contributed by atoms with Gasteiger partial charge in [-0.3, -0.25) is 19.3 Å². The molecule has 4 atom stereocenters. The molecule has 13 nitrogen and oxygen atoms in total. The summed E-state index contributed by atoms with van der Waals surface area (Å²) < 4.78 is 10.8. The Bertz CT molecular complexity index is 2220. The van der Waals surface area contributed by atoms with E-state index in [1.807, 2.05) is 78.9 Å². The molecule has 5 N–H and O–H groups in total. The maximum absolute atomic E-state index is 14.3. The van der Waals surface area contributed by atoms with Crippen molar-refractivity contribution in [2.45, 2.75) is 90.2 Å². The fourth-order valence-corrected chi connectivity index (χ4v) is 7.19. The number of benzene rings is 3. The highest BCUT2D eigenvalue weighted by Gasteiger charge is 2.40. The molecule has 13 heteroatoms. The Hall–Kier alpha value is -6.11. The third-order valence-corrected chi connectivity index (χ3v) is 10.00. The summed E-state index contributed by atoms with van der Waals surface area (Å²) >= 11 is 0. The minimum Gasteiger partial charge on any atom is -0.467 e. The van der Waals surface area contributed by atoms with E-state index in [0.29, 0.717) is 0 Å². The number of carbonyl (C=O) groups excluding carboxylic acids is 5. The number of nitrogens with zero attached hydrogens (tertiary/aromatic N) is 1. The van der Waals surface area contributed by atoms with Crippen LogP contribution in [0.15, 0.2) is 85.1 Å². The molecule has 0 aliphatic carbocycles. The van der Waals surface area contributed by atoms with Crippen molar-refractivity contribution in [2.24, 2.45) is 5.92 Å². The second kappa shape index (κ2) is 16.7. The topological polar surface area (TPSA) is 175 Å². The number of aromatic amines is 2. The number of fused-ring (bicyclic) bond motifs is 4. The fourth-order valence-electron chi connectivity index (χ4n) is 7.19. The zero-order chi connectivity index (χ0) is 40.1. The van der Waals surface area contributed by atoms with Crippen molar-refractivity contribution >= 4 is 51.6 Å². The fraction of sp³-hybridized carbons (Fsp3) is 0.372. The molecule has 5 aromatic rings. The normalized spacial score (nSPS) is 15.8. The van der Waals surface area contributed by atoms with E-state index in [2.05, 4.69) is 25.9 Å². The Morgan fingerprint density at radius 1 is 0.804 bits per heavy atom. The van der Waals surface area contributed by atoms with Gasteiger partial charge >= 0.3 is 12.1 Å². The van der Waals surface area contributed by atoms with E-state index in [4.69, 9.17) is 9.47 Å². The Kier molecular flexibility index (Phi) is 11.8. The van der Waals surface area contributed by atoms with Gasteiger partial charge in [-0.2, -0.15) is 0 Å². The summed E-state index contributed by atoms with van der Waals surface area (Å²) in [7, 11) is 1.26. The van der Waals surface area contributed by atoms with Crippen molar-refractivity contribution in [3.8, 4) is 0 Å². The molecule has 3 aromatic carbocycles. The zero-order valence-electron chi connectivity index (χ0n) is 32.6. The number of nitrogens with one attached hydrogen (secondary N) is 5. The molecule has 0 unspecified atom stereocenters. The van der Waals surface area contributed by atoms with Gasteiger partial charge in [-0.15, -0.1) is 0 Å². The summed E-state index contributed by atoms with van der Waals surface area (Å²) in [6.45, 7) is 8.96. The van der Waals surface area contributed by atoms with Crippen LogP contribution in [0.5, 0.6) is 0 Å². The van der Waals surface area contributed by atoms with E-state index in [9.17, 15) is 24.0 Å². The summed E-state index contributed by atoms with van der Waals surface area (Å²) in [6, 6.07) is 20.3. The molecule has 6 rings (SSSR count). The van der Waals surface area contributed by atoms with Crippen molar-refractivity contribution in [3.05, 3.63) is 107 Å². The Balaban J connectivity index is 1.24. The van der Waals surface area contributed by atoms with Crippen LogP contribution < -0.4 is 16.0 Å². The number of amides is 4. The average Bonchev–Trinajstić information content (AvgIpc) is 3.75. The molecule has 0 spiro atoms. The number of para-hydroxylation sites is 2. The van der Waals surface area contributed by atoms with Crippen LogP contribution in [0, 0.1) is 5.92 Å². The molecule has 0 fully saturated rings. The second-order valence-corrected chi connectivity index (χ2v) is 15.6. The first-order valence-corrected chi connectivity index (χ1v) is 18.9. The summed E-state index contributed by atoms with van der Waals surface area (Å²) in [6.07, 6.45) is 1.59. The third-order valence-electron chi connectivity index (χ3n) is 10.00. The number of aromatic nitrogens is 2. The predicted molar refractivity (Wildman–Crippen MR) is 212 cm³/mol. The van der Waals surface area contributed by atoms with Gasteiger partial charge in [-0.05, 0) is 55.5 Å². The molecule has 3 heterocycles. The standard InChI is InChI=1S/C43H50N6O7/c1-25(2)37(48-39(51)36-22-30-29-17-11-13-19-32(29)45-35(30)24-49(36)42(54)56-43(3,4)5)40(52)46-33(20-26-14-8-7-9-15-26)38(50)47-34(41(53)55-6)21-27-23-44-31-18-12-10-16-28(27)31/h7-19,23,25,33-34,36-37,44-45H,20-22,24H2,1-6H3,(H,46,52)(H,47,50)(H,48,51)/t33-,34-,36-,37-/m0/s1. The van der Waals surface area contributed by atoms with Crippen LogP contribution in [-0.2, 0) is 54.5 Å². The van der Waals surface area contributed by atoms with Crippen LogP contribution in [0.3, 0.4) is 0 Å². The van der Waals surface area contributed by atoms with Crippen molar-refractivity contribution in [1.29, 1.82) is 0 Å². The predicted octanol–water partition coefficient (Wildman–Crippen LogP) is 5.08. The van der Waals surface area contributed by atoms with Gasteiger partial charge in [0.25, 0.3) is 0 Å². The second-order valence-electron chi connectivity index (χ2n) is 15.6. The third kappa shape index (κ3) is 9.05. The van der Waals surface area contributed by atoms with Crippen LogP contribution in [0.1, 0.15) is 57.0 Å². The molecule has 2 aromatic heterocycles. The van der Waals surface area contributed by atoms with Gasteiger partial charge in [0.1, 0.15) is 29.8 Å². The molecular weight excluding hydrogens is 713 g/mol. The molecule has 0 bridgehead atoms. The van der Waals surface area contributed by atoms with Gasteiger partial charge in [-0.1, -0.05) is 80.6 Å². The lowest BCUT2D eigenvalue weighted by Crippen LogP contribution is -2.60. The Morgan fingerprint density at radius 2 is 1.45 bits per heavy atom. The van der Waals surface area contributed by atoms with Crippen LogP contribution in [-0.4, -0.2) is 81.5 Å². The van der Waals surface area contributed by atoms with Gasteiger partial charge in [0.2, 0.25) is 17.7 Å². The average molecular weight is 763 g/mol. The number of esters is 1. The van der Waals surface area contributed by atoms with Crippen molar-refractivity contribution < 1.29 is 33.4 Å². The number of rotatable bonds is 12. The summed E-state index contributed by atoms with van der Waals surface area (Å²) in [5, 5.41) is 10.5. The minimum atomic E-state index is -1.13. The van der Waals surface area contributed by atoms with E-state index >= 15 is 0 Å². The molecule has 0 saturated heterocycles. The van der Waals surface area contributed by atoms with Crippen LogP contribution in [0.4, 0.5) is 4.79 Å². The van der Waals surface area contributed by atoms with E-state index in [-0.39, 0.29) is 25.8 Å². The highest BCUT2D eigenvalue weighted by atomic mass is 16.6. The van der Waals surface area contributed by atoms with Gasteiger partial charge in [0.05, 0.1) is 13.7 Å². The van der Waals surface area contributed by atoms with E-state index in [1.54, 1.807) is 40.8 Å². The van der Waals surface area contributed by atoms with E-state index < -0.39 is 65.5 Å². The van der Waals surface area contributed by atoms with E-state index in [1.165, 1.54) is 12.0 Å². The summed E-state index contributed by atoms with van der Waals surface area (Å²) in [5.74, 6) is -2.77. The molecular formula is C43H50N6O7. The molecule has 0 radical (unpaired) electrons. The van der Waals surface area contributed by atoms with Gasteiger partial charge in [0, 0.05) is 53.0 Å². The van der Waals surface area contributed by atoms with Crippen molar-refractivity contribution in [2.75, 3.05) is 7.11 Å². The molecule has 0 saturated carbocycles. The first kappa shape index (κ1) is 39.6. The van der Waals surface area contributed by atoms with Gasteiger partial charge in [0.15, 0.2) is 0 Å². The summed E-state index contributed by atoms with van der Waals surface area (Å²) in [4.78, 5) is 77.2. The number of ether oxygens (including phenoxy) is 2. The highest BCUT2D eigenvalue weighted by molar-refractivity contribution is 5.96. The molecule has 294 valence electrons. The molecule has 56 heavy (non-hydrogen) atoms. The number of methoxy groups -OCH3 is 1. The number of H-pyrrole nitrogens is 2. The van der Waals surface area contributed by atoms with Crippen LogP contribution in [0.25, 0.3) is 21.8 Å². The SMILES string of the molecule is COC(=O)[C@H](Cc1c[nH]c2ccccc12)NC(=O)[C@H](Cc1ccccc1)NC(=O)[C@@H](NC(=O)[C@@H]1Cc2c([nH]c3ccccc23)CN1C(=O)OC(C)(C)C)C(C)C. The highest BCUT2D eigenvalue weighted by Crippen LogP contribution is 2.31. The maximum atomic E-state index is 14.3. The van der Waals surface area contributed by atoms with E-state index in [0.717, 1.165) is 44.2 Å². The maximum Gasteiger partial charge on any atom is 0.411 e. The monoisotopic (exact) mass is 762 g/mol. The van der Waals surface area contributed by atoms with Gasteiger partial charge < -0.3 is 35.4 Å². The lowest BCUT2D eigenvalue weighted by Gasteiger charge is -2.37. The Morgan fingerprint density at radius 3 is 2.12 bits per heavy atom. The number of hydrogen-bond acceptors (Lipinski definition) is 7. The zero-order valence-corrected chi connectivity index (χ0v) is 32.6. The van der Waals surface area contributed by atoms with Crippen LogP contribution >= 0.6 is 0 Å². The van der Waals surface area contributed by atoms with Crippen LogP contribution in [0.2, 0.25) is 0 Å². The smallest absolute Gasteiger partial charge is 0.411 e. The molecule has 4 amide bonds. The minimum absolute atomic E-state index is 0.106. The largest absolute Gasteiger partial charge is 0.467 e. The lowest BCUT2D eigenvalue weighted by atomic mass is 9.95. The number of carbonyl (C=O) groups is 5. The molecule has 1 aliphatic heterocycles. The van der Waals surface area contributed by atoms with Gasteiger partial charge in [-0.25, -0.2) is 9.59 Å². The first-order chi connectivity index (χ1) is 26.7. The van der Waals surface area contributed by atoms with Crippen molar-refractivity contribution in [1.82, 2.24) is 30.8 Å². The molecule has 1 aliphatic rings. The first-order valence-electron chi connectivity index (χ1n) is 18.9. The Labute approximate surface area is 325 Å². The number of hydrogen-bond donors (Lipinski definition) is 5. The summed E-state index contributed by atoms with van der Waals surface area (Å²) in [5.41, 5.74) is 4.27. The van der Waals surface area contributed by atoms with Crippen molar-refractivity contribution in [3.63, 3.8) is 0 Å². The quantitative estimate of drug-likeness (QED) is 0.110. The lowest BCUT2D eigenvalue weighted by molar-refractivity contribution is -0.145.